The van der Waals surface area contributed by atoms with Crippen LogP contribution in [0.25, 0.3) is 0 Å². The molecule has 0 aliphatic carbocycles. The number of carboxylic acids is 3. The Labute approximate surface area is 88.9 Å². The van der Waals surface area contributed by atoms with Crippen LogP contribution in [0.15, 0.2) is 12.7 Å². The van der Waals surface area contributed by atoms with Gasteiger partial charge in [0.2, 0.25) is 0 Å². The minimum atomic E-state index is -0.833. The lowest BCUT2D eigenvalue weighted by molar-refractivity contribution is -0.135. The first-order valence-electron chi connectivity index (χ1n) is 3.77. The number of carboxylic acid groups (broad SMARTS) is 3. The molecule has 0 spiro atoms. The lowest BCUT2D eigenvalue weighted by atomic mass is 10.8. The predicted molar refractivity (Wildman–Crippen MR) is 55.8 cm³/mol. The van der Waals surface area contributed by atoms with Crippen molar-refractivity contribution >= 4 is 17.9 Å². The highest BCUT2D eigenvalue weighted by atomic mass is 16.4. The normalized spacial score (nSPS) is 5.87. The first kappa shape index (κ1) is 23.2. The topological polar surface area (TPSA) is 112 Å². The number of allylic oxidation sites excluding steroid dienone is 1. The highest BCUT2D eigenvalue weighted by molar-refractivity contribution is 5.63. The molecule has 0 radical (unpaired) electrons. The van der Waals surface area contributed by atoms with Crippen LogP contribution in [0.1, 0.15) is 27.7 Å². The van der Waals surface area contributed by atoms with Gasteiger partial charge in [-0.25, -0.2) is 0 Å². The maximum Gasteiger partial charge on any atom is 0.300 e. The van der Waals surface area contributed by atoms with Gasteiger partial charge in [0.25, 0.3) is 17.9 Å². The Hall–Kier alpha value is -1.85. The molecule has 90 valence electrons. The molecule has 6 nitrogen and oxygen atoms in total. The second-order valence-electron chi connectivity index (χ2n) is 1.97. The van der Waals surface area contributed by atoms with E-state index in [0.29, 0.717) is 0 Å². The summed E-state index contributed by atoms with van der Waals surface area (Å²) < 4.78 is 0. The third-order valence-corrected chi connectivity index (χ3v) is 0. The van der Waals surface area contributed by atoms with Gasteiger partial charge in [-0.1, -0.05) is 6.08 Å². The Morgan fingerprint density at radius 1 is 0.867 bits per heavy atom. The lowest BCUT2D eigenvalue weighted by Gasteiger charge is -1.59. The van der Waals surface area contributed by atoms with E-state index in [1.807, 2.05) is 6.92 Å². The maximum absolute atomic E-state index is 9.00. The Morgan fingerprint density at radius 3 is 0.867 bits per heavy atom. The van der Waals surface area contributed by atoms with Gasteiger partial charge in [-0.3, -0.25) is 14.4 Å². The molecule has 3 N–H and O–H groups in total. The summed E-state index contributed by atoms with van der Waals surface area (Å²) in [6.07, 6.45) is 1.75. The van der Waals surface area contributed by atoms with Crippen LogP contribution in [-0.4, -0.2) is 33.2 Å². The van der Waals surface area contributed by atoms with E-state index < -0.39 is 17.9 Å². The Morgan fingerprint density at radius 2 is 0.867 bits per heavy atom. The fourth-order valence-corrected chi connectivity index (χ4v) is 0. The van der Waals surface area contributed by atoms with Crippen LogP contribution in [0.3, 0.4) is 0 Å². The van der Waals surface area contributed by atoms with Gasteiger partial charge in [0.1, 0.15) is 0 Å². The van der Waals surface area contributed by atoms with Gasteiger partial charge in [-0.15, -0.1) is 6.58 Å². The molecule has 0 aromatic carbocycles. The molecule has 0 saturated heterocycles. The van der Waals surface area contributed by atoms with Gasteiger partial charge >= 0.3 is 0 Å². The molecule has 0 aliphatic heterocycles. The van der Waals surface area contributed by atoms with E-state index in [4.69, 9.17) is 29.7 Å². The summed E-state index contributed by atoms with van der Waals surface area (Å²) in [5.74, 6) is -2.50. The van der Waals surface area contributed by atoms with Crippen molar-refractivity contribution in [3.05, 3.63) is 12.7 Å². The summed E-state index contributed by atoms with van der Waals surface area (Å²) in [7, 11) is 0. The van der Waals surface area contributed by atoms with E-state index in [0.717, 1.165) is 20.8 Å². The minimum Gasteiger partial charge on any atom is -0.481 e. The fraction of sp³-hybridized carbons (Fsp3) is 0.444. The second kappa shape index (κ2) is 22.7. The van der Waals surface area contributed by atoms with Crippen LogP contribution in [0.2, 0.25) is 0 Å². The molecule has 0 fully saturated rings. The van der Waals surface area contributed by atoms with Gasteiger partial charge in [0.05, 0.1) is 0 Å². The third-order valence-electron chi connectivity index (χ3n) is 0. The standard InChI is InChI=1S/C3H6.3C2H4O2/c1-3-2;3*1-2(3)4/h3H,1H2,2H3;3*1H3,(H,3,4). The van der Waals surface area contributed by atoms with Crippen molar-refractivity contribution < 1.29 is 29.7 Å². The quantitative estimate of drug-likeness (QED) is 0.535. The van der Waals surface area contributed by atoms with Crippen LogP contribution in [0.5, 0.6) is 0 Å². The van der Waals surface area contributed by atoms with Crippen molar-refractivity contribution in [2.75, 3.05) is 0 Å². The van der Waals surface area contributed by atoms with Crippen LogP contribution < -0.4 is 0 Å². The van der Waals surface area contributed by atoms with Crippen molar-refractivity contribution in [2.45, 2.75) is 27.7 Å². The number of hydrogen-bond donors (Lipinski definition) is 3. The summed E-state index contributed by atoms with van der Waals surface area (Å²) in [6, 6.07) is 0. The monoisotopic (exact) mass is 222 g/mol. The minimum absolute atomic E-state index is 0.833. The van der Waals surface area contributed by atoms with Gasteiger partial charge in [0.15, 0.2) is 0 Å². The van der Waals surface area contributed by atoms with Crippen LogP contribution in [0.4, 0.5) is 0 Å². The van der Waals surface area contributed by atoms with Crippen molar-refractivity contribution in [1.29, 1.82) is 0 Å². The average Bonchev–Trinajstić information content (AvgIpc) is 1.81. The molecule has 0 bridgehead atoms. The summed E-state index contributed by atoms with van der Waals surface area (Å²) in [5, 5.41) is 22.2. The molecule has 0 heterocycles. The summed E-state index contributed by atoms with van der Waals surface area (Å²) in [6.45, 7) is 8.50. The number of carbonyl (C=O) groups is 3. The van der Waals surface area contributed by atoms with Crippen molar-refractivity contribution in [1.82, 2.24) is 0 Å². The molecule has 0 aromatic heterocycles. The Balaban J connectivity index is -0.0000000542. The van der Waals surface area contributed by atoms with Gasteiger partial charge < -0.3 is 15.3 Å². The molecular formula is C9H18O6. The van der Waals surface area contributed by atoms with Crippen LogP contribution in [-0.2, 0) is 14.4 Å². The molecule has 6 heteroatoms. The molecule has 15 heavy (non-hydrogen) atoms. The average molecular weight is 222 g/mol. The molecule has 0 unspecified atom stereocenters. The number of hydrogen-bond acceptors (Lipinski definition) is 3. The van der Waals surface area contributed by atoms with Crippen molar-refractivity contribution in [2.24, 2.45) is 0 Å². The van der Waals surface area contributed by atoms with Gasteiger partial charge in [0, 0.05) is 20.8 Å². The Kier molecular flexibility index (Phi) is 35.2. The number of aliphatic carboxylic acids is 3. The summed E-state index contributed by atoms with van der Waals surface area (Å²) in [4.78, 5) is 27.0. The SMILES string of the molecule is C=CC.CC(=O)O.CC(=O)O.CC(=O)O. The van der Waals surface area contributed by atoms with E-state index in [-0.39, 0.29) is 0 Å². The molecule has 0 aromatic rings. The molecule has 0 saturated carbocycles. The smallest absolute Gasteiger partial charge is 0.300 e. The van der Waals surface area contributed by atoms with Gasteiger partial charge in [-0.05, 0) is 6.92 Å². The second-order valence-corrected chi connectivity index (χ2v) is 1.97. The van der Waals surface area contributed by atoms with E-state index in [9.17, 15) is 0 Å². The van der Waals surface area contributed by atoms with Crippen LogP contribution >= 0.6 is 0 Å². The molecule has 0 amide bonds. The molecule has 0 atom stereocenters. The van der Waals surface area contributed by atoms with Gasteiger partial charge in [-0.2, -0.15) is 0 Å². The van der Waals surface area contributed by atoms with E-state index >= 15 is 0 Å². The molecule has 0 aliphatic rings. The maximum atomic E-state index is 9.00. The predicted octanol–water partition coefficient (Wildman–Crippen LogP) is 1.47. The lowest BCUT2D eigenvalue weighted by Crippen LogP contribution is -1.78. The molecular weight excluding hydrogens is 204 g/mol. The summed E-state index contributed by atoms with van der Waals surface area (Å²) in [5.41, 5.74) is 0. The van der Waals surface area contributed by atoms with E-state index in [1.54, 1.807) is 6.08 Å². The highest BCUT2D eigenvalue weighted by Crippen LogP contribution is 1.42. The van der Waals surface area contributed by atoms with Crippen LogP contribution in [0, 0.1) is 0 Å². The van der Waals surface area contributed by atoms with E-state index in [1.165, 1.54) is 0 Å². The zero-order chi connectivity index (χ0) is 13.4. The summed E-state index contributed by atoms with van der Waals surface area (Å²) >= 11 is 0. The Bertz CT molecular complexity index is 145. The molecule has 0 rings (SSSR count). The first-order valence-corrected chi connectivity index (χ1v) is 3.77. The number of rotatable bonds is 0. The highest BCUT2D eigenvalue weighted by Gasteiger charge is 1.66. The largest absolute Gasteiger partial charge is 0.481 e. The van der Waals surface area contributed by atoms with Crippen molar-refractivity contribution in [3.8, 4) is 0 Å². The third kappa shape index (κ3) is 366. The zero-order valence-electron chi connectivity index (χ0n) is 9.35. The zero-order valence-corrected chi connectivity index (χ0v) is 9.35. The first-order chi connectivity index (χ1) is 6.61. The fourth-order valence-electron chi connectivity index (χ4n) is 0. The van der Waals surface area contributed by atoms with Crippen molar-refractivity contribution in [3.63, 3.8) is 0 Å². The van der Waals surface area contributed by atoms with E-state index in [2.05, 4.69) is 6.58 Å².